The van der Waals surface area contributed by atoms with Crippen molar-refractivity contribution < 1.29 is 5.48 Å². The van der Waals surface area contributed by atoms with Gasteiger partial charge < -0.3 is 9.47 Å². The highest BCUT2D eigenvalue weighted by atomic mass is 15.2. The van der Waals surface area contributed by atoms with Gasteiger partial charge in [-0.15, -0.1) is 0 Å². The Morgan fingerprint density at radius 3 is 1.69 bits per heavy atom. The number of rotatable bonds is 6. The maximum atomic E-state index is 9.79. The fourth-order valence-corrected chi connectivity index (χ4v) is 11.7. The van der Waals surface area contributed by atoms with Crippen LogP contribution >= 0.6 is 0 Å². The summed E-state index contributed by atoms with van der Waals surface area (Å²) in [7, 11) is 0. The summed E-state index contributed by atoms with van der Waals surface area (Å²) in [5.41, 5.74) is 17.7. The average Bonchev–Trinajstić information content (AvgIpc) is 3.78. The molecule has 11 aromatic rings. The van der Waals surface area contributed by atoms with E-state index in [2.05, 4.69) is 249 Å². The van der Waals surface area contributed by atoms with Crippen molar-refractivity contribution in [1.29, 1.82) is 0 Å². The van der Waals surface area contributed by atoms with Crippen LogP contribution in [-0.4, -0.2) is 11.3 Å². The minimum Gasteiger partial charge on any atom is -0.310 e. The number of para-hydroxylation sites is 3. The molecule has 0 fully saturated rings. The van der Waals surface area contributed by atoms with E-state index < -0.39 is 5.41 Å². The van der Waals surface area contributed by atoms with E-state index in [1.165, 1.54) is 22.0 Å². The summed E-state index contributed by atoms with van der Waals surface area (Å²) >= 11 is 0. The van der Waals surface area contributed by atoms with Crippen molar-refractivity contribution in [3.05, 3.63) is 270 Å². The van der Waals surface area contributed by atoms with Crippen LogP contribution in [0.25, 0.3) is 49.7 Å². The van der Waals surface area contributed by atoms with Gasteiger partial charge in [0, 0.05) is 39.0 Å². The van der Waals surface area contributed by atoms with Gasteiger partial charge in [0.05, 0.1) is 27.6 Å². The molecule has 0 bridgehead atoms. The highest BCUT2D eigenvalue weighted by molar-refractivity contribution is 6.99. The van der Waals surface area contributed by atoms with Gasteiger partial charge in [-0.25, -0.2) is 0 Å². The van der Waals surface area contributed by atoms with Crippen LogP contribution in [0.15, 0.2) is 243 Å². The normalized spacial score (nSPS) is 14.4. The van der Waals surface area contributed by atoms with Crippen molar-refractivity contribution in [2.75, 3.05) is 4.90 Å². The number of benzene rings is 10. The van der Waals surface area contributed by atoms with Gasteiger partial charge in [-0.1, -0.05) is 232 Å². The molecular weight excluding hydrogens is 820 g/mol. The molecule has 3 heterocycles. The fourth-order valence-electron chi connectivity index (χ4n) is 11.7. The van der Waals surface area contributed by atoms with Gasteiger partial charge in [-0.05, 0) is 91.7 Å². The van der Waals surface area contributed by atoms with Crippen molar-refractivity contribution in [1.82, 2.24) is 4.57 Å². The second-order valence-electron chi connectivity index (χ2n) is 19.3. The second kappa shape index (κ2) is 15.5. The molecule has 0 radical (unpaired) electrons. The van der Waals surface area contributed by atoms with Crippen molar-refractivity contribution in [3.8, 4) is 27.9 Å². The number of hydrogen-bond acceptors (Lipinski definition) is 1. The van der Waals surface area contributed by atoms with Crippen LogP contribution in [0, 0.1) is 0 Å². The molecule has 0 atom stereocenters. The van der Waals surface area contributed by atoms with E-state index in [1.54, 1.807) is 0 Å². The molecule has 2 nitrogen and oxygen atoms in total. The number of anilines is 3. The van der Waals surface area contributed by atoms with E-state index in [4.69, 9.17) is 1.37 Å². The highest BCUT2D eigenvalue weighted by Gasteiger charge is 2.52. The minimum atomic E-state index is -0.841. The lowest BCUT2D eigenvalue weighted by Gasteiger charge is -2.49. The third-order valence-electron chi connectivity index (χ3n) is 14.6. The molecule has 0 saturated carbocycles. The summed E-state index contributed by atoms with van der Waals surface area (Å²) in [6.45, 7) is 6.38. The molecule has 3 heteroatoms. The lowest BCUT2D eigenvalue weighted by Crippen LogP contribution is -2.65. The Bertz CT molecular complexity index is 3860. The van der Waals surface area contributed by atoms with Gasteiger partial charge in [0.1, 0.15) is 0 Å². The zero-order valence-corrected chi connectivity index (χ0v) is 38.3. The molecule has 13 rings (SSSR count). The zero-order chi connectivity index (χ0) is 49.0. The van der Waals surface area contributed by atoms with Crippen molar-refractivity contribution in [3.63, 3.8) is 0 Å². The largest absolute Gasteiger partial charge is 0.310 e. The van der Waals surface area contributed by atoms with Crippen LogP contribution in [0.5, 0.6) is 0 Å². The summed E-state index contributed by atoms with van der Waals surface area (Å²) in [5, 5.41) is 1.30. The Labute approximate surface area is 405 Å². The molecule has 0 saturated heterocycles. The number of nitrogens with zero attached hydrogens (tertiary/aromatic N) is 2. The van der Waals surface area contributed by atoms with Gasteiger partial charge in [0.2, 0.25) is 6.71 Å². The number of aromatic nitrogens is 1. The van der Waals surface area contributed by atoms with Crippen LogP contribution in [-0.2, 0) is 10.8 Å². The smallest absolute Gasteiger partial charge is 0.247 e. The summed E-state index contributed by atoms with van der Waals surface area (Å²) < 4.78 is 39.7. The van der Waals surface area contributed by atoms with Crippen LogP contribution in [0.2, 0.25) is 0 Å². The topological polar surface area (TPSA) is 8.17 Å². The predicted molar refractivity (Wildman–Crippen MR) is 288 cm³/mol. The molecular formula is C65H49BN2. The number of fused-ring (bicyclic) bond motifs is 7. The van der Waals surface area contributed by atoms with Crippen molar-refractivity contribution >= 4 is 62.0 Å². The van der Waals surface area contributed by atoms with Crippen LogP contribution in [0.4, 0.5) is 17.1 Å². The van der Waals surface area contributed by atoms with Gasteiger partial charge >= 0.3 is 0 Å². The molecule has 2 aliphatic rings. The first-order valence-corrected chi connectivity index (χ1v) is 23.6. The van der Waals surface area contributed by atoms with Crippen LogP contribution < -0.4 is 21.3 Å². The molecule has 10 aromatic carbocycles. The maximum absolute atomic E-state index is 9.79. The molecule has 1 aromatic heterocycles. The van der Waals surface area contributed by atoms with Gasteiger partial charge in [0.25, 0.3) is 0 Å². The van der Waals surface area contributed by atoms with Crippen LogP contribution in [0.3, 0.4) is 0 Å². The van der Waals surface area contributed by atoms with E-state index in [9.17, 15) is 4.11 Å². The molecule has 0 unspecified atom stereocenters. The third-order valence-corrected chi connectivity index (χ3v) is 14.6. The van der Waals surface area contributed by atoms with E-state index in [0.717, 1.165) is 78.2 Å². The fraction of sp³-hybridized carbons (Fsp3) is 0.0769. The van der Waals surface area contributed by atoms with E-state index >= 15 is 0 Å². The molecule has 68 heavy (non-hydrogen) atoms. The third kappa shape index (κ3) is 5.91. The van der Waals surface area contributed by atoms with E-state index in [0.29, 0.717) is 10.9 Å². The minimum absolute atomic E-state index is 0.0446. The second-order valence-corrected chi connectivity index (χ2v) is 19.3. The first-order valence-electron chi connectivity index (χ1n) is 25.6. The molecule has 322 valence electrons. The monoisotopic (exact) mass is 872 g/mol. The van der Waals surface area contributed by atoms with Crippen molar-refractivity contribution in [2.45, 2.75) is 31.6 Å². The molecule has 0 aliphatic carbocycles. The van der Waals surface area contributed by atoms with E-state index in [1.807, 2.05) is 0 Å². The molecule has 0 amide bonds. The standard InChI is InChI=1S/C65H49BN2/c1-64(2,3)48-39-40-59-53(41-48)52-31-16-20-37-58(52)67(59)49-42-55-62-61(43-49)68(63-50(44-23-8-4-9-24-44)32-22-33-51(63)45-25-10-5-11-26-45)60-38-21-19-36-57(60)66(62)56-35-18-17-34-54(56)65(55,46-27-12-6-13-28-46)47-29-14-7-15-30-47/h4-43H,1-3H3/i16D,20D,31D,37D. The average molecular weight is 873 g/mol. The Kier molecular flexibility index (Phi) is 8.20. The molecule has 0 N–H and O–H groups in total. The summed E-state index contributed by atoms with van der Waals surface area (Å²) in [5.74, 6) is 0. The Morgan fingerprint density at radius 1 is 0.471 bits per heavy atom. The van der Waals surface area contributed by atoms with Gasteiger partial charge in [0.15, 0.2) is 0 Å². The van der Waals surface area contributed by atoms with E-state index in [-0.39, 0.29) is 36.3 Å². The van der Waals surface area contributed by atoms with Crippen molar-refractivity contribution in [2.24, 2.45) is 0 Å². The summed E-state index contributed by atoms with van der Waals surface area (Å²) in [6, 6.07) is 78.2. The lowest BCUT2D eigenvalue weighted by atomic mass is 9.29. The Morgan fingerprint density at radius 2 is 1.04 bits per heavy atom. The first-order chi connectivity index (χ1) is 35.1. The Hall–Kier alpha value is -8.14. The molecule has 0 spiro atoms. The highest BCUT2D eigenvalue weighted by Crippen LogP contribution is 2.53. The number of hydrogen-bond donors (Lipinski definition) is 0. The lowest BCUT2D eigenvalue weighted by molar-refractivity contribution is 0.591. The molecule has 2 aliphatic heterocycles. The summed E-state index contributed by atoms with van der Waals surface area (Å²) in [6.07, 6.45) is 0. The van der Waals surface area contributed by atoms with Crippen LogP contribution in [0.1, 0.15) is 54.1 Å². The van der Waals surface area contributed by atoms with Gasteiger partial charge in [-0.2, -0.15) is 0 Å². The zero-order valence-electron chi connectivity index (χ0n) is 42.3. The predicted octanol–water partition coefficient (Wildman–Crippen LogP) is 14.4. The summed E-state index contributed by atoms with van der Waals surface area (Å²) in [4.78, 5) is 2.51. The quantitative estimate of drug-likeness (QED) is 0.151. The van der Waals surface area contributed by atoms with Gasteiger partial charge in [-0.3, -0.25) is 0 Å². The SMILES string of the molecule is [2H]c1c([2H])c([2H])c2c(c1[2H])c1cc(C(C)(C)C)ccc1n2-c1cc2c3c(c1)C(c1ccccc1)(c1ccccc1)c1ccccc1B3c1ccccc1N2c1c(-c2ccccc2)cccc1-c1ccccc1. The maximum Gasteiger partial charge on any atom is 0.247 e. The first kappa shape index (κ1) is 36.0. The Balaban J connectivity index is 1.27.